The molecule has 0 bridgehead atoms. The largest absolute Gasteiger partial charge is 0.411 e. The first-order valence-corrected chi connectivity index (χ1v) is 12.0. The lowest BCUT2D eigenvalue weighted by Gasteiger charge is -2.02. The lowest BCUT2D eigenvalue weighted by atomic mass is 10.1. The molecule has 4 aromatic carbocycles. The molecule has 0 aliphatic rings. The summed E-state index contributed by atoms with van der Waals surface area (Å²) < 4.78 is 2.07. The molecule has 0 amide bonds. The van der Waals surface area contributed by atoms with Crippen LogP contribution in [0.25, 0.3) is 21.5 Å². The van der Waals surface area contributed by atoms with Gasteiger partial charge in [0.05, 0.1) is 6.21 Å². The molecule has 0 aromatic heterocycles. The lowest BCUT2D eigenvalue weighted by Crippen LogP contribution is -1.84. The van der Waals surface area contributed by atoms with Gasteiger partial charge in [-0.05, 0) is 39.7 Å². The van der Waals surface area contributed by atoms with Crippen LogP contribution in [0.15, 0.2) is 86.9 Å². The molecule has 4 rings (SSSR count). The Morgan fingerprint density at radius 2 is 1.03 bits per heavy atom. The highest BCUT2D eigenvalue weighted by Gasteiger charge is 2.02. The van der Waals surface area contributed by atoms with Crippen molar-refractivity contribution in [2.75, 3.05) is 0 Å². The first kappa shape index (κ1) is 30.4. The Bertz CT molecular complexity index is 1150. The van der Waals surface area contributed by atoms with Gasteiger partial charge in [-0.3, -0.25) is 4.79 Å². The molecule has 176 valence electrons. The van der Waals surface area contributed by atoms with Gasteiger partial charge in [-0.15, -0.1) is 0 Å². The van der Waals surface area contributed by atoms with E-state index in [1.54, 1.807) is 0 Å². The van der Waals surface area contributed by atoms with E-state index in [0.717, 1.165) is 47.9 Å². The predicted molar refractivity (Wildman–Crippen MR) is 147 cm³/mol. The zero-order chi connectivity index (χ0) is 25.2. The summed E-state index contributed by atoms with van der Waals surface area (Å²) in [7, 11) is 0. The highest BCUT2D eigenvalue weighted by Crippen LogP contribution is 2.26. The van der Waals surface area contributed by atoms with Gasteiger partial charge in [0, 0.05) is 20.1 Å². The highest BCUT2D eigenvalue weighted by atomic mass is 79.9. The van der Waals surface area contributed by atoms with E-state index in [1.807, 2.05) is 100 Å². The zero-order valence-corrected chi connectivity index (χ0v) is 22.3. The predicted octanol–water partition coefficient (Wildman–Crippen LogP) is 8.21. The van der Waals surface area contributed by atoms with Crippen molar-refractivity contribution >= 4 is 65.9 Å². The molecule has 0 radical (unpaired) electrons. The number of nitrogens with zero attached hydrogens (tertiary/aromatic N) is 1. The number of halogens is 2. The molecule has 0 fully saturated rings. The minimum absolute atomic E-state index is 0.735. The van der Waals surface area contributed by atoms with Crippen molar-refractivity contribution in [3.63, 3.8) is 0 Å². The maximum atomic E-state index is 10.7. The van der Waals surface area contributed by atoms with Crippen LogP contribution in [0.5, 0.6) is 0 Å². The van der Waals surface area contributed by atoms with Crippen LogP contribution in [0.3, 0.4) is 0 Å². The number of carbonyl (C=O) groups is 1. The highest BCUT2D eigenvalue weighted by molar-refractivity contribution is 9.11. The molecule has 33 heavy (non-hydrogen) atoms. The Hall–Kier alpha value is -2.58. The van der Waals surface area contributed by atoms with E-state index in [0.29, 0.717) is 0 Å². The van der Waals surface area contributed by atoms with Crippen LogP contribution in [0.1, 0.15) is 43.6 Å². The number of hydrogen-bond acceptors (Lipinski definition) is 5. The number of hydrogen-bond donors (Lipinski definition) is 3. The number of oxime groups is 1. The van der Waals surface area contributed by atoms with Crippen molar-refractivity contribution in [2.45, 2.75) is 27.7 Å². The van der Waals surface area contributed by atoms with Gasteiger partial charge in [0.25, 0.3) is 0 Å². The van der Waals surface area contributed by atoms with Gasteiger partial charge in [0.1, 0.15) is 0 Å². The number of fused-ring (bicyclic) bond motifs is 2. The summed E-state index contributed by atoms with van der Waals surface area (Å²) in [5.41, 5.74) is 1.64. The second kappa shape index (κ2) is 17.9. The summed E-state index contributed by atoms with van der Waals surface area (Å²) in [5, 5.41) is 22.3. The molecule has 0 atom stereocenters. The van der Waals surface area contributed by atoms with E-state index in [-0.39, 0.29) is 0 Å². The average molecular weight is 578 g/mol. The maximum absolute atomic E-state index is 10.7. The van der Waals surface area contributed by atoms with Gasteiger partial charge in [-0.25, -0.2) is 5.90 Å². The van der Waals surface area contributed by atoms with E-state index >= 15 is 0 Å². The van der Waals surface area contributed by atoms with Crippen molar-refractivity contribution in [1.82, 2.24) is 0 Å². The Balaban J connectivity index is 0.000000508. The maximum Gasteiger partial charge on any atom is 0.150 e. The molecular formula is C26H30Br2N2O3. The molecule has 0 aliphatic carbocycles. The third-order valence-corrected chi connectivity index (χ3v) is 5.52. The number of aldehydes is 1. The van der Waals surface area contributed by atoms with Crippen LogP contribution in [-0.2, 0) is 0 Å². The minimum Gasteiger partial charge on any atom is -0.411 e. The summed E-state index contributed by atoms with van der Waals surface area (Å²) in [5.74, 6) is 3.50. The summed E-state index contributed by atoms with van der Waals surface area (Å²) in [6.07, 6.45) is 2.32. The van der Waals surface area contributed by atoms with Crippen molar-refractivity contribution in [2.24, 2.45) is 11.1 Å². The number of rotatable bonds is 2. The summed E-state index contributed by atoms with van der Waals surface area (Å²) in [6.45, 7) is 8.00. The molecule has 0 saturated carbocycles. The minimum atomic E-state index is 0.735. The summed E-state index contributed by atoms with van der Waals surface area (Å²) in [4.78, 5) is 10.7. The van der Waals surface area contributed by atoms with Crippen molar-refractivity contribution in [3.05, 3.63) is 92.9 Å². The second-order valence-electron chi connectivity index (χ2n) is 5.73. The van der Waals surface area contributed by atoms with Crippen LogP contribution >= 0.6 is 31.9 Å². The molecule has 0 unspecified atom stereocenters. The second-order valence-corrected chi connectivity index (χ2v) is 7.44. The number of carbonyl (C=O) groups excluding carboxylic acids is 1. The zero-order valence-electron chi connectivity index (χ0n) is 19.2. The third kappa shape index (κ3) is 8.70. The quantitative estimate of drug-likeness (QED) is 0.0967. The first-order valence-electron chi connectivity index (χ1n) is 10.4. The molecule has 7 heteroatoms. The van der Waals surface area contributed by atoms with E-state index in [4.69, 9.17) is 10.4 Å². The summed E-state index contributed by atoms with van der Waals surface area (Å²) >= 11 is 6.92. The monoisotopic (exact) mass is 576 g/mol. The molecule has 5 nitrogen and oxygen atoms in total. The molecule has 4 N–H and O–H groups in total. The average Bonchev–Trinajstić information content (AvgIpc) is 2.90. The van der Waals surface area contributed by atoms with Gasteiger partial charge in [0.2, 0.25) is 0 Å². The van der Waals surface area contributed by atoms with Gasteiger partial charge in [-0.1, -0.05) is 119 Å². The first-order chi connectivity index (χ1) is 16.2. The number of nitrogens with two attached hydrogens (primary N) is 1. The van der Waals surface area contributed by atoms with E-state index in [9.17, 15) is 4.79 Å². The number of benzene rings is 4. The van der Waals surface area contributed by atoms with Crippen molar-refractivity contribution < 1.29 is 15.2 Å². The Morgan fingerprint density at radius 1 is 0.667 bits per heavy atom. The molecule has 0 spiro atoms. The third-order valence-electron chi connectivity index (χ3n) is 4.13. The van der Waals surface area contributed by atoms with Crippen molar-refractivity contribution in [1.29, 1.82) is 0 Å². The van der Waals surface area contributed by atoms with E-state index in [2.05, 4.69) is 42.9 Å². The van der Waals surface area contributed by atoms with E-state index in [1.165, 1.54) is 6.21 Å². The molecule has 0 aliphatic heterocycles. The Labute approximate surface area is 212 Å². The normalized spacial score (nSPS) is 9.33. The topological polar surface area (TPSA) is 95.9 Å². The van der Waals surface area contributed by atoms with Crippen LogP contribution in [-0.4, -0.2) is 22.9 Å². The van der Waals surface area contributed by atoms with Gasteiger partial charge in [-0.2, -0.15) is 0 Å². The fourth-order valence-electron chi connectivity index (χ4n) is 2.85. The lowest BCUT2D eigenvalue weighted by molar-refractivity contribution is 0.112. The van der Waals surface area contributed by atoms with Gasteiger partial charge >= 0.3 is 0 Å². The SMILES string of the molecule is CC.CC.NO.O/N=C\c1ccc(Br)c2ccccc12.O=Cc1ccc(Br)c2ccccc12. The fraction of sp³-hybridized carbons (Fsp3) is 0.154. The van der Waals surface area contributed by atoms with Gasteiger partial charge in [0.15, 0.2) is 6.29 Å². The molecule has 0 saturated heterocycles. The van der Waals surface area contributed by atoms with Gasteiger partial charge < -0.3 is 10.4 Å². The van der Waals surface area contributed by atoms with Crippen LogP contribution in [0.4, 0.5) is 0 Å². The van der Waals surface area contributed by atoms with Crippen LogP contribution in [0, 0.1) is 0 Å². The standard InChI is InChI=1S/C11H8BrNO.C11H7BrO.2C2H6.H3NO/c12-11-6-5-8(7-13-14)9-3-1-2-4-10(9)11;12-11-6-5-8(7-13)9-3-1-2-4-10(9)11;3*1-2/h1-7,14H;1-7H;2*1-2H3;2H,1H2/b13-7-;;;;. The summed E-state index contributed by atoms with van der Waals surface area (Å²) in [6, 6.07) is 23.4. The fourth-order valence-corrected chi connectivity index (χ4v) is 3.80. The smallest absolute Gasteiger partial charge is 0.150 e. The van der Waals surface area contributed by atoms with Crippen LogP contribution in [0.2, 0.25) is 0 Å². The van der Waals surface area contributed by atoms with E-state index < -0.39 is 0 Å². The molecule has 0 heterocycles. The Kier molecular flexibility index (Phi) is 16.5. The molecule has 4 aromatic rings. The Morgan fingerprint density at radius 3 is 1.42 bits per heavy atom. The molecular weight excluding hydrogens is 548 g/mol. The van der Waals surface area contributed by atoms with Crippen LogP contribution < -0.4 is 5.90 Å². The van der Waals surface area contributed by atoms with Crippen molar-refractivity contribution in [3.8, 4) is 0 Å².